The monoisotopic (exact) mass is 522 g/mol. The summed E-state index contributed by atoms with van der Waals surface area (Å²) in [7, 11) is -1.09. The smallest absolute Gasteiger partial charge is 0.263 e. The van der Waals surface area contributed by atoms with Crippen LogP contribution < -0.4 is 19.8 Å². The zero-order valence-electron chi connectivity index (χ0n) is 19.5. The first-order valence-corrected chi connectivity index (χ1v) is 12.3. The summed E-state index contributed by atoms with van der Waals surface area (Å²) in [6.45, 7) is 0. The third-order valence-electron chi connectivity index (χ3n) is 5.59. The molecule has 12 heteroatoms. The summed E-state index contributed by atoms with van der Waals surface area (Å²) < 4.78 is 58.8. The van der Waals surface area contributed by atoms with Crippen molar-refractivity contribution in [3.8, 4) is 28.4 Å². The van der Waals surface area contributed by atoms with Crippen LogP contribution in [0.2, 0.25) is 0 Å². The number of methoxy groups -OCH3 is 2. The Labute approximate surface area is 209 Å². The van der Waals surface area contributed by atoms with Gasteiger partial charge in [-0.1, -0.05) is 11.2 Å². The normalized spacial score (nSPS) is 11.4. The van der Waals surface area contributed by atoms with Crippen molar-refractivity contribution in [3.63, 3.8) is 0 Å². The zero-order chi connectivity index (χ0) is 26.2. The molecule has 0 aliphatic rings. The highest BCUT2D eigenvalue weighted by atomic mass is 32.2. The molecule has 0 atom stereocenters. The van der Waals surface area contributed by atoms with Crippen LogP contribution in [0.25, 0.3) is 27.7 Å². The Hall–Kier alpha value is -4.71. The second-order valence-electron chi connectivity index (χ2n) is 7.81. The summed E-state index contributed by atoms with van der Waals surface area (Å²) in [5.74, 6) is 0.0562. The average Bonchev–Trinajstić information content (AvgIpc) is 3.40. The third kappa shape index (κ3) is 4.49. The molecule has 0 bridgehead atoms. The number of fused-ring (bicyclic) bond motifs is 1. The van der Waals surface area contributed by atoms with E-state index >= 15 is 0 Å². The van der Waals surface area contributed by atoms with Crippen LogP contribution >= 0.6 is 0 Å². The van der Waals surface area contributed by atoms with E-state index in [4.69, 9.17) is 9.47 Å². The number of pyridine rings is 2. The van der Waals surface area contributed by atoms with Gasteiger partial charge in [-0.3, -0.25) is 14.1 Å². The summed E-state index contributed by atoms with van der Waals surface area (Å²) in [5, 5.41) is 4.04. The summed E-state index contributed by atoms with van der Waals surface area (Å²) in [6, 6.07) is 14.8. The highest BCUT2D eigenvalue weighted by molar-refractivity contribution is 7.92. The molecule has 10 nitrogen and oxygen atoms in total. The van der Waals surface area contributed by atoms with Gasteiger partial charge in [0.1, 0.15) is 17.8 Å². The van der Waals surface area contributed by atoms with E-state index in [1.807, 2.05) is 0 Å². The minimum absolute atomic E-state index is 0.0360. The molecule has 0 aliphatic heterocycles. The molecule has 0 unspecified atom stereocenters. The molecule has 0 saturated carbocycles. The van der Waals surface area contributed by atoms with Gasteiger partial charge in [0.15, 0.2) is 5.82 Å². The molecule has 188 valence electrons. The quantitative estimate of drug-likeness (QED) is 0.340. The van der Waals surface area contributed by atoms with Crippen molar-refractivity contribution in [1.82, 2.24) is 14.7 Å². The number of hydrogen-bond acceptors (Lipinski definition) is 8. The first-order chi connectivity index (χ1) is 17.8. The van der Waals surface area contributed by atoms with Gasteiger partial charge < -0.3 is 14.0 Å². The van der Waals surface area contributed by atoms with Gasteiger partial charge in [-0.15, -0.1) is 0 Å². The molecular weight excluding hydrogens is 503 g/mol. The fourth-order valence-electron chi connectivity index (χ4n) is 3.93. The molecule has 0 radical (unpaired) electrons. The Morgan fingerprint density at radius 3 is 2.57 bits per heavy atom. The van der Waals surface area contributed by atoms with Crippen LogP contribution in [0.3, 0.4) is 0 Å². The van der Waals surface area contributed by atoms with Crippen LogP contribution in [0.4, 0.5) is 10.2 Å². The van der Waals surface area contributed by atoms with Gasteiger partial charge in [0, 0.05) is 23.1 Å². The summed E-state index contributed by atoms with van der Waals surface area (Å²) >= 11 is 0. The van der Waals surface area contributed by atoms with E-state index in [9.17, 15) is 17.6 Å². The van der Waals surface area contributed by atoms with Crippen molar-refractivity contribution in [2.45, 2.75) is 4.90 Å². The Balaban J connectivity index is 1.68. The first-order valence-electron chi connectivity index (χ1n) is 10.8. The molecule has 0 aliphatic carbocycles. The lowest BCUT2D eigenvalue weighted by atomic mass is 10.0. The van der Waals surface area contributed by atoms with Crippen LogP contribution in [0.5, 0.6) is 11.6 Å². The maximum atomic E-state index is 14.0. The fourth-order valence-corrected chi connectivity index (χ4v) is 4.96. The number of nitrogens with zero attached hydrogens (tertiary/aromatic N) is 3. The molecule has 1 N–H and O–H groups in total. The highest BCUT2D eigenvalue weighted by Crippen LogP contribution is 2.34. The number of nitrogens with one attached hydrogen (secondary N) is 1. The van der Waals surface area contributed by atoms with E-state index in [0.717, 1.165) is 6.20 Å². The van der Waals surface area contributed by atoms with Crippen molar-refractivity contribution < 1.29 is 26.8 Å². The van der Waals surface area contributed by atoms with Crippen LogP contribution in [0, 0.1) is 5.82 Å². The number of anilines is 1. The van der Waals surface area contributed by atoms with Gasteiger partial charge in [-0.25, -0.2) is 17.8 Å². The zero-order valence-corrected chi connectivity index (χ0v) is 20.3. The van der Waals surface area contributed by atoms with Crippen LogP contribution in [0.1, 0.15) is 0 Å². The first kappa shape index (κ1) is 24.0. The van der Waals surface area contributed by atoms with Crippen LogP contribution in [0.15, 0.2) is 87.3 Å². The number of ether oxygens (including phenoxy) is 2. The van der Waals surface area contributed by atoms with Crippen molar-refractivity contribution in [2.75, 3.05) is 18.9 Å². The molecule has 3 heterocycles. The average molecular weight is 523 g/mol. The lowest BCUT2D eigenvalue weighted by Crippen LogP contribution is -2.19. The van der Waals surface area contributed by atoms with Gasteiger partial charge in [0.2, 0.25) is 5.88 Å². The van der Waals surface area contributed by atoms with E-state index in [1.54, 1.807) is 18.2 Å². The number of benzene rings is 2. The standard InChI is InChI=1S/C25H19FN4O6S/c1-34-22-7-3-15(19-13-17(26)14-27-25(19)35-2)12-21(22)30-20-6-5-18(11-16(20)4-8-24(30)31)37(32,33)29-23-9-10-36-28-23/h3-14H,1-2H3,(H,28,29). The largest absolute Gasteiger partial charge is 0.495 e. The Morgan fingerprint density at radius 2 is 1.84 bits per heavy atom. The number of sulfonamides is 1. The van der Waals surface area contributed by atoms with Crippen LogP contribution in [-0.2, 0) is 10.0 Å². The molecular formula is C25H19FN4O6S. The van der Waals surface area contributed by atoms with E-state index in [-0.39, 0.29) is 22.2 Å². The van der Waals surface area contributed by atoms with E-state index < -0.39 is 15.8 Å². The van der Waals surface area contributed by atoms with Gasteiger partial charge in [-0.2, -0.15) is 0 Å². The summed E-state index contributed by atoms with van der Waals surface area (Å²) in [5.41, 5.74) is 1.31. The molecule has 0 spiro atoms. The van der Waals surface area contributed by atoms with E-state index in [2.05, 4.69) is 19.4 Å². The van der Waals surface area contributed by atoms with Gasteiger partial charge >= 0.3 is 0 Å². The molecule has 2 aromatic carbocycles. The second kappa shape index (κ2) is 9.39. The highest BCUT2D eigenvalue weighted by Gasteiger charge is 2.19. The van der Waals surface area contributed by atoms with Crippen molar-refractivity contribution in [1.29, 1.82) is 0 Å². The van der Waals surface area contributed by atoms with E-state index in [0.29, 0.717) is 33.5 Å². The molecule has 5 rings (SSSR count). The number of rotatable bonds is 7. The van der Waals surface area contributed by atoms with Gasteiger partial charge in [-0.05, 0) is 48.0 Å². The Bertz CT molecular complexity index is 1790. The SMILES string of the molecule is COc1ccc(-c2cc(F)cnc2OC)cc1-n1c(=O)ccc2cc(S(=O)(=O)Nc3ccon3)ccc21. The van der Waals surface area contributed by atoms with Crippen LogP contribution in [-0.4, -0.2) is 37.3 Å². The molecule has 0 amide bonds. The topological polar surface area (TPSA) is 126 Å². The summed E-state index contributed by atoms with van der Waals surface area (Å²) in [4.78, 5) is 17.0. The molecule has 5 aromatic rings. The third-order valence-corrected chi connectivity index (χ3v) is 6.95. The Morgan fingerprint density at radius 1 is 1.00 bits per heavy atom. The minimum atomic E-state index is -3.97. The minimum Gasteiger partial charge on any atom is -0.495 e. The van der Waals surface area contributed by atoms with Crippen molar-refractivity contribution in [3.05, 3.63) is 89.3 Å². The number of aromatic nitrogens is 3. The maximum absolute atomic E-state index is 14.0. The number of halogens is 1. The molecule has 0 fully saturated rings. The molecule has 3 aromatic heterocycles. The molecule has 0 saturated heterocycles. The summed E-state index contributed by atoms with van der Waals surface area (Å²) in [6.07, 6.45) is 2.29. The van der Waals surface area contributed by atoms with Gasteiger partial charge in [0.05, 0.1) is 36.5 Å². The van der Waals surface area contributed by atoms with E-state index in [1.165, 1.54) is 67.5 Å². The second-order valence-corrected chi connectivity index (χ2v) is 9.50. The lowest BCUT2D eigenvalue weighted by molar-refractivity contribution is 0.397. The number of hydrogen-bond donors (Lipinski definition) is 1. The predicted molar refractivity (Wildman–Crippen MR) is 133 cm³/mol. The fraction of sp³-hybridized carbons (Fsp3) is 0.0800. The Kier molecular flexibility index (Phi) is 6.09. The van der Waals surface area contributed by atoms with Crippen molar-refractivity contribution >= 4 is 26.7 Å². The molecule has 37 heavy (non-hydrogen) atoms. The van der Waals surface area contributed by atoms with Crippen molar-refractivity contribution in [2.24, 2.45) is 0 Å². The lowest BCUT2D eigenvalue weighted by Gasteiger charge is -2.16. The maximum Gasteiger partial charge on any atom is 0.263 e. The van der Waals surface area contributed by atoms with Gasteiger partial charge in [0.25, 0.3) is 15.6 Å². The predicted octanol–water partition coefficient (Wildman–Crippen LogP) is 4.00.